The monoisotopic (exact) mass is 196 g/mol. The van der Waals surface area contributed by atoms with Crippen LogP contribution in [0.15, 0.2) is 0 Å². The Morgan fingerprint density at radius 2 is 1.73 bits per heavy atom. The molecule has 0 amide bonds. The van der Waals surface area contributed by atoms with Gasteiger partial charge in [0, 0.05) is 0 Å². The number of carbonyl (C=O) groups excluding carboxylic acids is 2. The summed E-state index contributed by atoms with van der Waals surface area (Å²) in [6.45, 7) is 0. The van der Waals surface area contributed by atoms with Crippen molar-refractivity contribution >= 4 is 49.4 Å². The Kier molecular flexibility index (Phi) is 6.23. The Hall–Kier alpha value is 0.220. The summed E-state index contributed by atoms with van der Waals surface area (Å²) in [7, 11) is -5.09. The normalized spacial score (nSPS) is 9.73. The van der Waals surface area contributed by atoms with Gasteiger partial charge in [-0.3, -0.25) is 9.79 Å². The van der Waals surface area contributed by atoms with Crippen LogP contribution in [0, 0.1) is 0 Å². The van der Waals surface area contributed by atoms with Crippen molar-refractivity contribution in [1.82, 2.24) is 0 Å². The van der Waals surface area contributed by atoms with Crippen molar-refractivity contribution in [2.75, 3.05) is 0 Å². The molecule has 0 rings (SSSR count). The van der Waals surface area contributed by atoms with Crippen molar-refractivity contribution in [3.05, 3.63) is 0 Å². The number of phosphoric acid groups is 1. The van der Waals surface area contributed by atoms with E-state index in [4.69, 9.17) is 9.79 Å². The number of phosphoric ester groups is 1. The van der Waals surface area contributed by atoms with Gasteiger partial charge in [-0.05, 0) is 0 Å². The molecule has 0 aliphatic rings. The van der Waals surface area contributed by atoms with Crippen LogP contribution in [0.2, 0.25) is 0 Å². The summed E-state index contributed by atoms with van der Waals surface area (Å²) >= 11 is 0. The molecule has 9 heteroatoms. The Morgan fingerprint density at radius 3 is 1.82 bits per heavy atom. The van der Waals surface area contributed by atoms with Gasteiger partial charge in [-0.25, -0.2) is 14.2 Å². The molecule has 6 nitrogen and oxygen atoms in total. The molecule has 2 N–H and O–H groups in total. The van der Waals surface area contributed by atoms with Crippen molar-refractivity contribution in [3.63, 3.8) is 0 Å². The van der Waals surface area contributed by atoms with Gasteiger partial charge < -0.3 is 4.52 Å². The van der Waals surface area contributed by atoms with Crippen molar-refractivity contribution in [1.29, 1.82) is 0 Å². The molecule has 0 heterocycles. The van der Waals surface area contributed by atoms with Crippen LogP contribution < -0.4 is 0 Å². The fourth-order valence-corrected chi connectivity index (χ4v) is 0.432. The molecule has 0 atom stereocenters. The summed E-state index contributed by atoms with van der Waals surface area (Å²) in [5.74, 6) is -2.20. The molecule has 0 unspecified atom stereocenters. The van der Waals surface area contributed by atoms with Crippen molar-refractivity contribution < 1.29 is 32.9 Å². The molecule has 0 aromatic carbocycles. The quantitative estimate of drug-likeness (QED) is 0.240. The fraction of sp³-hybridized carbons (Fsp3) is 0. The van der Waals surface area contributed by atoms with Gasteiger partial charge in [0.2, 0.25) is 0 Å². The molecule has 0 spiro atoms. The molecular weight excluding hydrogens is 193 g/mol. The van der Waals surface area contributed by atoms with E-state index in [0.717, 1.165) is 0 Å². The standard InChI is InChI=1S/C2H2FO6P.Na.H/c3-1(4)2(5)9-10(6,7)8;;/h(H2,6,7,8);;. The molecule has 0 aliphatic carbocycles. The molecule has 0 aromatic rings. The average molecular weight is 196 g/mol. The van der Waals surface area contributed by atoms with E-state index >= 15 is 0 Å². The van der Waals surface area contributed by atoms with Crippen LogP contribution in [0.1, 0.15) is 0 Å². The minimum atomic E-state index is -5.09. The van der Waals surface area contributed by atoms with Gasteiger partial charge in [0.15, 0.2) is 0 Å². The zero-order chi connectivity index (χ0) is 8.36. The predicted octanol–water partition coefficient (Wildman–Crippen LogP) is -1.53. The number of carbonyl (C=O) groups is 2. The van der Waals surface area contributed by atoms with Gasteiger partial charge in [0.1, 0.15) is 0 Å². The van der Waals surface area contributed by atoms with Crippen LogP contribution in [0.4, 0.5) is 4.39 Å². The van der Waals surface area contributed by atoms with E-state index in [-0.39, 0.29) is 29.6 Å². The summed E-state index contributed by atoms with van der Waals surface area (Å²) in [4.78, 5) is 34.6. The second kappa shape index (κ2) is 4.97. The molecule has 0 fully saturated rings. The van der Waals surface area contributed by atoms with Crippen LogP contribution in [0.25, 0.3) is 0 Å². The molecule has 0 aromatic heterocycles. The Bertz CT molecular complexity index is 209. The van der Waals surface area contributed by atoms with Crippen LogP contribution in [-0.4, -0.2) is 51.4 Å². The average Bonchev–Trinajstić information content (AvgIpc) is 1.60. The number of rotatable bonds is 2. The summed E-state index contributed by atoms with van der Waals surface area (Å²) in [5, 5.41) is 0. The minimum absolute atomic E-state index is 0. The van der Waals surface area contributed by atoms with E-state index in [1.807, 2.05) is 0 Å². The summed E-state index contributed by atoms with van der Waals surface area (Å²) in [5.41, 5.74) is 0. The number of halogens is 1. The van der Waals surface area contributed by atoms with Crippen molar-refractivity contribution in [2.45, 2.75) is 0 Å². The SMILES string of the molecule is O=C(F)C(=O)OP(=O)(O)O.[NaH]. The van der Waals surface area contributed by atoms with Crippen molar-refractivity contribution in [2.24, 2.45) is 0 Å². The van der Waals surface area contributed by atoms with Gasteiger partial charge in [0.25, 0.3) is 0 Å². The van der Waals surface area contributed by atoms with Gasteiger partial charge in [0.05, 0.1) is 0 Å². The van der Waals surface area contributed by atoms with Crippen LogP contribution in [0.5, 0.6) is 0 Å². The predicted molar refractivity (Wildman–Crippen MR) is 31.4 cm³/mol. The third-order valence-electron chi connectivity index (χ3n) is 0.362. The first kappa shape index (κ1) is 13.8. The van der Waals surface area contributed by atoms with Gasteiger partial charge in [-0.15, -0.1) is 0 Å². The van der Waals surface area contributed by atoms with Crippen LogP contribution in [0.3, 0.4) is 0 Å². The van der Waals surface area contributed by atoms with Crippen LogP contribution in [-0.2, 0) is 18.7 Å². The van der Waals surface area contributed by atoms with Gasteiger partial charge >= 0.3 is 49.4 Å². The Balaban J connectivity index is 0. The molecule has 0 saturated carbocycles. The van der Waals surface area contributed by atoms with E-state index in [1.54, 1.807) is 0 Å². The molecule has 0 radical (unpaired) electrons. The first-order chi connectivity index (χ1) is 4.33. The Labute approximate surface area is 82.3 Å². The zero-order valence-corrected chi connectivity index (χ0v) is 5.25. The van der Waals surface area contributed by atoms with Gasteiger partial charge in [-0.1, -0.05) is 0 Å². The number of hydrogen-bond acceptors (Lipinski definition) is 4. The summed E-state index contributed by atoms with van der Waals surface area (Å²) in [6, 6.07) is -2.55. The number of hydrogen-bond donors (Lipinski definition) is 2. The summed E-state index contributed by atoms with van der Waals surface area (Å²) in [6.07, 6.45) is 0. The second-order valence-electron chi connectivity index (χ2n) is 1.14. The fourth-order valence-electron chi connectivity index (χ4n) is 0.144. The van der Waals surface area contributed by atoms with Gasteiger partial charge in [-0.2, -0.15) is 4.39 Å². The maximum atomic E-state index is 11.2. The van der Waals surface area contributed by atoms with Crippen molar-refractivity contribution in [3.8, 4) is 0 Å². The maximum absolute atomic E-state index is 11.2. The van der Waals surface area contributed by atoms with E-state index < -0.39 is 19.8 Å². The third kappa shape index (κ3) is 8.12. The molecule has 0 saturated heterocycles. The molecule has 0 bridgehead atoms. The van der Waals surface area contributed by atoms with E-state index in [9.17, 15) is 18.5 Å². The van der Waals surface area contributed by atoms with E-state index in [1.165, 1.54) is 0 Å². The molecule has 60 valence electrons. The van der Waals surface area contributed by atoms with E-state index in [2.05, 4.69) is 4.52 Å². The zero-order valence-electron chi connectivity index (χ0n) is 4.35. The van der Waals surface area contributed by atoms with Crippen LogP contribution >= 0.6 is 7.82 Å². The summed E-state index contributed by atoms with van der Waals surface area (Å²) < 4.78 is 23.8. The third-order valence-corrected chi connectivity index (χ3v) is 0.766. The topological polar surface area (TPSA) is 101 Å². The van der Waals surface area contributed by atoms with E-state index in [0.29, 0.717) is 0 Å². The first-order valence-corrected chi connectivity index (χ1v) is 3.35. The molecular formula is C2H3FNaO6P. The first-order valence-electron chi connectivity index (χ1n) is 1.82. The molecule has 11 heavy (non-hydrogen) atoms. The second-order valence-corrected chi connectivity index (χ2v) is 2.31. The molecule has 0 aliphatic heterocycles. The Morgan fingerprint density at radius 1 is 1.36 bits per heavy atom.